The lowest BCUT2D eigenvalue weighted by molar-refractivity contribution is -0.136. The van der Waals surface area contributed by atoms with Gasteiger partial charge in [0.1, 0.15) is 5.75 Å². The van der Waals surface area contributed by atoms with E-state index in [9.17, 15) is 18.0 Å². The Morgan fingerprint density at radius 1 is 0.971 bits per heavy atom. The summed E-state index contributed by atoms with van der Waals surface area (Å²) in [6.07, 6.45) is 0.0953. The average Bonchev–Trinajstić information content (AvgIpc) is 2.80. The van der Waals surface area contributed by atoms with Crippen molar-refractivity contribution in [2.45, 2.75) is 31.6 Å². The van der Waals surface area contributed by atoms with E-state index >= 15 is 0 Å². The van der Waals surface area contributed by atoms with Crippen molar-refractivity contribution in [1.82, 2.24) is 5.32 Å². The molecule has 0 saturated heterocycles. The van der Waals surface area contributed by atoms with E-state index in [-0.39, 0.29) is 29.3 Å². The molecule has 0 aliphatic rings. The first kappa shape index (κ1) is 25.8. The molecule has 3 rings (SSSR count). The summed E-state index contributed by atoms with van der Waals surface area (Å²) in [7, 11) is -2.42. The van der Waals surface area contributed by atoms with Gasteiger partial charge in [-0.1, -0.05) is 35.9 Å². The lowest BCUT2D eigenvalue weighted by Crippen LogP contribution is -2.23. The number of aryl methyl sites for hydroxylation is 1. The maximum Gasteiger partial charge on any atom is 0.307 e. The van der Waals surface area contributed by atoms with E-state index in [1.54, 1.807) is 49.4 Å². The number of hydrogen-bond donors (Lipinski definition) is 3. The Balaban J connectivity index is 2.05. The van der Waals surface area contributed by atoms with Crippen molar-refractivity contribution in [1.29, 1.82) is 0 Å². The van der Waals surface area contributed by atoms with Crippen LogP contribution in [0.25, 0.3) is 0 Å². The summed E-state index contributed by atoms with van der Waals surface area (Å²) >= 11 is 0. The first-order chi connectivity index (χ1) is 16.6. The summed E-state index contributed by atoms with van der Waals surface area (Å²) in [6, 6.07) is 16.3. The van der Waals surface area contributed by atoms with Crippen molar-refractivity contribution >= 4 is 27.6 Å². The molecule has 3 aromatic carbocycles. The van der Waals surface area contributed by atoms with Crippen molar-refractivity contribution in [3.8, 4) is 5.75 Å². The molecule has 0 atom stereocenters. The number of carbonyl (C=O) groups excluding carboxylic acids is 1. The largest absolute Gasteiger partial charge is 0.496 e. The second kappa shape index (κ2) is 11.1. The second-order valence-corrected chi connectivity index (χ2v) is 9.73. The van der Waals surface area contributed by atoms with Crippen LogP contribution in [0.2, 0.25) is 0 Å². The molecule has 0 saturated carbocycles. The number of nitrogens with one attached hydrogen (secondary N) is 2. The van der Waals surface area contributed by atoms with Gasteiger partial charge in [0.25, 0.3) is 15.9 Å². The zero-order valence-corrected chi connectivity index (χ0v) is 20.6. The molecular formula is C26H28N2O6S. The molecule has 0 aliphatic heterocycles. The second-order valence-electron chi connectivity index (χ2n) is 8.04. The van der Waals surface area contributed by atoms with Gasteiger partial charge in [0.05, 0.1) is 24.1 Å². The summed E-state index contributed by atoms with van der Waals surface area (Å²) in [6.45, 7) is 4.09. The van der Waals surface area contributed by atoms with Gasteiger partial charge in [-0.25, -0.2) is 8.42 Å². The van der Waals surface area contributed by atoms with Crippen LogP contribution in [0.5, 0.6) is 5.75 Å². The zero-order valence-electron chi connectivity index (χ0n) is 19.8. The standard InChI is InChI=1S/C26H28N2O6S/c1-4-27-26(31)20-9-8-19(15-21-13-18(14-25(29)30)7-12-24(21)34-3)23(16-20)28-35(32,33)22-10-5-17(2)6-11-22/h5-13,16,28H,4,14-15H2,1-3H3,(H,27,31)(H,29,30). The first-order valence-electron chi connectivity index (χ1n) is 11.0. The fraction of sp³-hybridized carbons (Fsp3) is 0.231. The van der Waals surface area contributed by atoms with Gasteiger partial charge in [-0.15, -0.1) is 0 Å². The number of benzene rings is 3. The number of ether oxygens (including phenoxy) is 1. The van der Waals surface area contributed by atoms with Crippen LogP contribution in [0.15, 0.2) is 65.6 Å². The highest BCUT2D eigenvalue weighted by molar-refractivity contribution is 7.92. The Labute approximate surface area is 205 Å². The van der Waals surface area contributed by atoms with Gasteiger partial charge < -0.3 is 15.2 Å². The Morgan fingerprint density at radius 2 is 1.69 bits per heavy atom. The van der Waals surface area contributed by atoms with Gasteiger partial charge in [0.15, 0.2) is 0 Å². The number of carboxylic acids is 1. The van der Waals surface area contributed by atoms with Gasteiger partial charge in [-0.05, 0) is 60.9 Å². The molecule has 0 aromatic heterocycles. The van der Waals surface area contributed by atoms with Crippen molar-refractivity contribution < 1.29 is 27.9 Å². The normalized spacial score (nSPS) is 11.1. The Bertz CT molecular complexity index is 1330. The van der Waals surface area contributed by atoms with Gasteiger partial charge >= 0.3 is 5.97 Å². The molecule has 0 bridgehead atoms. The van der Waals surface area contributed by atoms with Gasteiger partial charge in [0, 0.05) is 18.5 Å². The average molecular weight is 497 g/mol. The van der Waals surface area contributed by atoms with Crippen LogP contribution < -0.4 is 14.8 Å². The van der Waals surface area contributed by atoms with E-state index in [1.807, 2.05) is 6.92 Å². The monoisotopic (exact) mass is 496 g/mol. The minimum atomic E-state index is -3.93. The predicted molar refractivity (Wildman–Crippen MR) is 134 cm³/mol. The maximum atomic E-state index is 13.1. The molecule has 1 amide bonds. The molecule has 3 N–H and O–H groups in total. The number of anilines is 1. The van der Waals surface area contributed by atoms with Crippen LogP contribution in [-0.2, 0) is 27.7 Å². The highest BCUT2D eigenvalue weighted by Crippen LogP contribution is 2.29. The Kier molecular flexibility index (Phi) is 8.14. The van der Waals surface area contributed by atoms with Crippen LogP contribution in [0.4, 0.5) is 5.69 Å². The molecular weight excluding hydrogens is 468 g/mol. The highest BCUT2D eigenvalue weighted by atomic mass is 32.2. The van der Waals surface area contributed by atoms with Crippen LogP contribution in [0, 0.1) is 6.92 Å². The van der Waals surface area contributed by atoms with Crippen LogP contribution in [0.3, 0.4) is 0 Å². The predicted octanol–water partition coefficient (Wildman–Crippen LogP) is 3.77. The number of carboxylic acid groups (broad SMARTS) is 1. The number of carbonyl (C=O) groups is 2. The van der Waals surface area contributed by atoms with Gasteiger partial charge in [-0.2, -0.15) is 0 Å². The molecule has 3 aromatic rings. The number of amides is 1. The van der Waals surface area contributed by atoms with Crippen LogP contribution >= 0.6 is 0 Å². The van der Waals surface area contributed by atoms with E-state index < -0.39 is 16.0 Å². The van der Waals surface area contributed by atoms with Crippen molar-refractivity contribution in [3.63, 3.8) is 0 Å². The molecule has 184 valence electrons. The molecule has 9 heteroatoms. The summed E-state index contributed by atoms with van der Waals surface area (Å²) in [5.74, 6) is -0.742. The lowest BCUT2D eigenvalue weighted by Gasteiger charge is -2.16. The third-order valence-corrected chi connectivity index (χ3v) is 6.75. The smallest absolute Gasteiger partial charge is 0.307 e. The molecule has 0 radical (unpaired) electrons. The lowest BCUT2D eigenvalue weighted by atomic mass is 9.98. The third kappa shape index (κ3) is 6.60. The summed E-state index contributed by atoms with van der Waals surface area (Å²) in [4.78, 5) is 23.7. The van der Waals surface area contributed by atoms with Crippen LogP contribution in [0.1, 0.15) is 39.5 Å². The Hall–Kier alpha value is -3.85. The third-order valence-electron chi connectivity index (χ3n) is 5.37. The minimum absolute atomic E-state index is 0.0958. The molecule has 0 heterocycles. The molecule has 0 fully saturated rings. The SMILES string of the molecule is CCNC(=O)c1ccc(Cc2cc(CC(=O)O)ccc2OC)c(NS(=O)(=O)c2ccc(C)cc2)c1. The van der Waals surface area contributed by atoms with Gasteiger partial charge in [0.2, 0.25) is 0 Å². The Morgan fingerprint density at radius 3 is 2.31 bits per heavy atom. The number of methoxy groups -OCH3 is 1. The minimum Gasteiger partial charge on any atom is -0.496 e. The number of aliphatic carboxylic acids is 1. The van der Waals surface area contributed by atoms with E-state index in [4.69, 9.17) is 9.84 Å². The van der Waals surface area contributed by atoms with E-state index in [0.29, 0.717) is 34.5 Å². The molecule has 8 nitrogen and oxygen atoms in total. The maximum absolute atomic E-state index is 13.1. The number of rotatable bonds is 10. The van der Waals surface area contributed by atoms with Crippen molar-refractivity contribution in [2.24, 2.45) is 0 Å². The van der Waals surface area contributed by atoms with E-state index in [2.05, 4.69) is 10.0 Å². The fourth-order valence-electron chi connectivity index (χ4n) is 3.61. The van der Waals surface area contributed by atoms with E-state index in [0.717, 1.165) is 5.56 Å². The topological polar surface area (TPSA) is 122 Å². The highest BCUT2D eigenvalue weighted by Gasteiger charge is 2.19. The fourth-order valence-corrected chi connectivity index (χ4v) is 4.70. The quantitative estimate of drug-likeness (QED) is 0.393. The molecule has 0 unspecified atom stereocenters. The first-order valence-corrected chi connectivity index (χ1v) is 12.5. The number of hydrogen-bond acceptors (Lipinski definition) is 5. The van der Waals surface area contributed by atoms with Gasteiger partial charge in [-0.3, -0.25) is 14.3 Å². The van der Waals surface area contributed by atoms with Crippen molar-refractivity contribution in [2.75, 3.05) is 18.4 Å². The summed E-state index contributed by atoms with van der Waals surface area (Å²) in [5, 5.41) is 11.9. The molecule has 35 heavy (non-hydrogen) atoms. The van der Waals surface area contributed by atoms with E-state index in [1.165, 1.54) is 25.3 Å². The molecule has 0 aliphatic carbocycles. The zero-order chi connectivity index (χ0) is 25.6. The van der Waals surface area contributed by atoms with Crippen molar-refractivity contribution in [3.05, 3.63) is 88.5 Å². The van der Waals surface area contributed by atoms with Crippen LogP contribution in [-0.4, -0.2) is 39.1 Å². The summed E-state index contributed by atoms with van der Waals surface area (Å²) in [5.41, 5.74) is 3.36. The molecule has 0 spiro atoms. The summed E-state index contributed by atoms with van der Waals surface area (Å²) < 4.78 is 34.3. The number of sulfonamides is 1.